The highest BCUT2D eigenvalue weighted by molar-refractivity contribution is 5.35. The standard InChI is InChI=1S/C15H25NO/c1-5-12(3)11-14(16-6-2)13-9-7-8-10-15(13)17-4/h7-10,12,14,16H,5-6,11H2,1-4H3. The van der Waals surface area contributed by atoms with Crippen molar-refractivity contribution in [3.63, 3.8) is 0 Å². The third-order valence-electron chi connectivity index (χ3n) is 3.30. The molecule has 0 amide bonds. The first-order chi connectivity index (χ1) is 8.22. The molecule has 0 saturated heterocycles. The van der Waals surface area contributed by atoms with Crippen LogP contribution in [0.5, 0.6) is 5.75 Å². The number of para-hydroxylation sites is 1. The van der Waals surface area contributed by atoms with Gasteiger partial charge in [0.1, 0.15) is 5.75 Å². The summed E-state index contributed by atoms with van der Waals surface area (Å²) in [6.07, 6.45) is 2.38. The molecule has 0 aromatic heterocycles. The van der Waals surface area contributed by atoms with Gasteiger partial charge in [0.25, 0.3) is 0 Å². The quantitative estimate of drug-likeness (QED) is 0.776. The van der Waals surface area contributed by atoms with Crippen LogP contribution < -0.4 is 10.1 Å². The van der Waals surface area contributed by atoms with Crippen molar-refractivity contribution in [1.29, 1.82) is 0 Å². The first-order valence-corrected chi connectivity index (χ1v) is 6.59. The lowest BCUT2D eigenvalue weighted by atomic mass is 9.93. The fourth-order valence-corrected chi connectivity index (χ4v) is 2.09. The third kappa shape index (κ3) is 4.04. The molecule has 17 heavy (non-hydrogen) atoms. The normalized spacial score (nSPS) is 14.4. The molecule has 0 bridgehead atoms. The zero-order chi connectivity index (χ0) is 12.7. The lowest BCUT2D eigenvalue weighted by Crippen LogP contribution is -2.23. The summed E-state index contributed by atoms with van der Waals surface area (Å²) in [5.74, 6) is 1.71. The van der Waals surface area contributed by atoms with Crippen molar-refractivity contribution in [2.24, 2.45) is 5.92 Å². The third-order valence-corrected chi connectivity index (χ3v) is 3.30. The average molecular weight is 235 g/mol. The Morgan fingerprint density at radius 2 is 1.94 bits per heavy atom. The minimum atomic E-state index is 0.395. The van der Waals surface area contributed by atoms with E-state index in [2.05, 4.69) is 38.2 Å². The molecule has 0 heterocycles. The molecule has 96 valence electrons. The second-order valence-corrected chi connectivity index (χ2v) is 4.60. The van der Waals surface area contributed by atoms with Crippen LogP contribution in [0.4, 0.5) is 0 Å². The Morgan fingerprint density at radius 3 is 2.53 bits per heavy atom. The van der Waals surface area contributed by atoms with Gasteiger partial charge >= 0.3 is 0 Å². The van der Waals surface area contributed by atoms with E-state index in [1.54, 1.807) is 7.11 Å². The molecule has 1 rings (SSSR count). The molecular weight excluding hydrogens is 210 g/mol. The van der Waals surface area contributed by atoms with E-state index in [1.807, 2.05) is 12.1 Å². The van der Waals surface area contributed by atoms with Gasteiger partial charge in [-0.1, -0.05) is 45.4 Å². The summed E-state index contributed by atoms with van der Waals surface area (Å²) in [4.78, 5) is 0. The smallest absolute Gasteiger partial charge is 0.123 e. The zero-order valence-corrected chi connectivity index (χ0v) is 11.5. The first kappa shape index (κ1) is 14.0. The molecule has 2 nitrogen and oxygen atoms in total. The summed E-state index contributed by atoms with van der Waals surface area (Å²) in [5.41, 5.74) is 1.28. The predicted molar refractivity (Wildman–Crippen MR) is 73.5 cm³/mol. The molecule has 0 aliphatic heterocycles. The van der Waals surface area contributed by atoms with Crippen molar-refractivity contribution in [2.45, 2.75) is 39.7 Å². The van der Waals surface area contributed by atoms with Crippen LogP contribution in [0.25, 0.3) is 0 Å². The van der Waals surface area contributed by atoms with Gasteiger partial charge in [-0.05, 0) is 24.9 Å². The maximum atomic E-state index is 5.45. The number of rotatable bonds is 7. The zero-order valence-electron chi connectivity index (χ0n) is 11.5. The van der Waals surface area contributed by atoms with Crippen LogP contribution in [0.1, 0.15) is 45.2 Å². The van der Waals surface area contributed by atoms with Gasteiger partial charge in [-0.3, -0.25) is 0 Å². The lowest BCUT2D eigenvalue weighted by molar-refractivity contribution is 0.374. The van der Waals surface area contributed by atoms with Crippen LogP contribution >= 0.6 is 0 Å². The highest BCUT2D eigenvalue weighted by atomic mass is 16.5. The van der Waals surface area contributed by atoms with Crippen LogP contribution in [0, 0.1) is 5.92 Å². The van der Waals surface area contributed by atoms with Gasteiger partial charge in [-0.25, -0.2) is 0 Å². The summed E-state index contributed by atoms with van der Waals surface area (Å²) in [7, 11) is 1.74. The molecule has 0 saturated carbocycles. The van der Waals surface area contributed by atoms with Gasteiger partial charge in [-0.2, -0.15) is 0 Å². The minimum Gasteiger partial charge on any atom is -0.496 e. The Bertz CT molecular complexity index is 324. The molecule has 2 atom stereocenters. The Labute approximate surface area is 105 Å². The largest absolute Gasteiger partial charge is 0.496 e. The second kappa shape index (κ2) is 7.33. The Balaban J connectivity index is 2.88. The van der Waals surface area contributed by atoms with E-state index in [0.29, 0.717) is 6.04 Å². The van der Waals surface area contributed by atoms with Crippen molar-refractivity contribution >= 4 is 0 Å². The van der Waals surface area contributed by atoms with Gasteiger partial charge in [0.15, 0.2) is 0 Å². The fourth-order valence-electron chi connectivity index (χ4n) is 2.09. The number of nitrogens with one attached hydrogen (secondary N) is 1. The summed E-state index contributed by atoms with van der Waals surface area (Å²) in [6, 6.07) is 8.70. The van der Waals surface area contributed by atoms with Crippen LogP contribution in [0.2, 0.25) is 0 Å². The predicted octanol–water partition coefficient (Wildman–Crippen LogP) is 3.78. The molecule has 1 aromatic carbocycles. The Kier molecular flexibility index (Phi) is 6.06. The molecular formula is C15H25NO. The topological polar surface area (TPSA) is 21.3 Å². The average Bonchev–Trinajstić information content (AvgIpc) is 2.38. The molecule has 0 aliphatic rings. The van der Waals surface area contributed by atoms with E-state index in [-0.39, 0.29) is 0 Å². The monoisotopic (exact) mass is 235 g/mol. The lowest BCUT2D eigenvalue weighted by Gasteiger charge is -2.23. The van der Waals surface area contributed by atoms with Crippen molar-refractivity contribution in [1.82, 2.24) is 5.32 Å². The number of ether oxygens (including phenoxy) is 1. The number of methoxy groups -OCH3 is 1. The Hall–Kier alpha value is -1.02. The molecule has 0 aliphatic carbocycles. The van der Waals surface area contributed by atoms with Gasteiger partial charge < -0.3 is 10.1 Å². The van der Waals surface area contributed by atoms with E-state index in [4.69, 9.17) is 4.74 Å². The summed E-state index contributed by atoms with van der Waals surface area (Å²) in [6.45, 7) is 7.69. The first-order valence-electron chi connectivity index (χ1n) is 6.59. The van der Waals surface area contributed by atoms with E-state index < -0.39 is 0 Å². The molecule has 0 fully saturated rings. The summed E-state index contributed by atoms with van der Waals surface area (Å²) < 4.78 is 5.45. The highest BCUT2D eigenvalue weighted by Gasteiger charge is 2.16. The molecule has 1 N–H and O–H groups in total. The summed E-state index contributed by atoms with van der Waals surface area (Å²) in [5, 5.41) is 3.56. The maximum Gasteiger partial charge on any atom is 0.123 e. The molecule has 0 spiro atoms. The van der Waals surface area contributed by atoms with Crippen molar-refractivity contribution < 1.29 is 4.74 Å². The van der Waals surface area contributed by atoms with E-state index in [1.165, 1.54) is 12.0 Å². The van der Waals surface area contributed by atoms with Crippen LogP contribution in [0.3, 0.4) is 0 Å². The number of hydrogen-bond donors (Lipinski definition) is 1. The van der Waals surface area contributed by atoms with Gasteiger partial charge in [0.2, 0.25) is 0 Å². The highest BCUT2D eigenvalue weighted by Crippen LogP contribution is 2.29. The van der Waals surface area contributed by atoms with E-state index in [9.17, 15) is 0 Å². The number of benzene rings is 1. The Morgan fingerprint density at radius 1 is 1.24 bits per heavy atom. The molecule has 2 unspecified atom stereocenters. The van der Waals surface area contributed by atoms with Gasteiger partial charge in [0, 0.05) is 11.6 Å². The molecule has 2 heteroatoms. The maximum absolute atomic E-state index is 5.45. The van der Waals surface area contributed by atoms with Crippen LogP contribution in [0.15, 0.2) is 24.3 Å². The SMILES string of the molecule is CCNC(CC(C)CC)c1ccccc1OC. The molecule has 0 radical (unpaired) electrons. The van der Waals surface area contributed by atoms with E-state index in [0.717, 1.165) is 24.6 Å². The van der Waals surface area contributed by atoms with Crippen molar-refractivity contribution in [3.8, 4) is 5.75 Å². The molecule has 1 aromatic rings. The summed E-state index contributed by atoms with van der Waals surface area (Å²) >= 11 is 0. The van der Waals surface area contributed by atoms with E-state index >= 15 is 0 Å². The van der Waals surface area contributed by atoms with Gasteiger partial charge in [-0.15, -0.1) is 0 Å². The fraction of sp³-hybridized carbons (Fsp3) is 0.600. The second-order valence-electron chi connectivity index (χ2n) is 4.60. The van der Waals surface area contributed by atoms with Crippen molar-refractivity contribution in [3.05, 3.63) is 29.8 Å². The van der Waals surface area contributed by atoms with Crippen LogP contribution in [-0.2, 0) is 0 Å². The number of hydrogen-bond acceptors (Lipinski definition) is 2. The van der Waals surface area contributed by atoms with Crippen molar-refractivity contribution in [2.75, 3.05) is 13.7 Å². The van der Waals surface area contributed by atoms with Gasteiger partial charge in [0.05, 0.1) is 7.11 Å². The minimum absolute atomic E-state index is 0.395. The van der Waals surface area contributed by atoms with Crippen LogP contribution in [-0.4, -0.2) is 13.7 Å².